The Labute approximate surface area is 108 Å². The van der Waals surface area contributed by atoms with Crippen LogP contribution in [0.4, 0.5) is 0 Å². The number of nitrogens with zero attached hydrogens (tertiary/aromatic N) is 2. The number of piperazine rings is 1. The first-order valence-corrected chi connectivity index (χ1v) is 7.34. The molecule has 1 N–H and O–H groups in total. The van der Waals surface area contributed by atoms with Crippen LogP contribution in [0.25, 0.3) is 0 Å². The Hall–Kier alpha value is -1.11. The molecule has 1 unspecified atom stereocenters. The third-order valence-electron chi connectivity index (χ3n) is 3.21. The number of sulfonamides is 1. The van der Waals surface area contributed by atoms with E-state index in [2.05, 4.69) is 4.90 Å². The van der Waals surface area contributed by atoms with E-state index in [-0.39, 0.29) is 16.7 Å². The number of phenolic OH excluding ortho intramolecular Hbond substituents is 1. The highest BCUT2D eigenvalue weighted by atomic mass is 32.2. The van der Waals surface area contributed by atoms with Gasteiger partial charge in [-0.3, -0.25) is 0 Å². The summed E-state index contributed by atoms with van der Waals surface area (Å²) in [5.41, 5.74) is 0. The summed E-state index contributed by atoms with van der Waals surface area (Å²) < 4.78 is 26.4. The van der Waals surface area contributed by atoms with Crippen LogP contribution < -0.4 is 0 Å². The second-order valence-corrected chi connectivity index (χ2v) is 6.61. The molecule has 1 atom stereocenters. The molecule has 1 aromatic rings. The standard InChI is InChI=1S/C12H18N2O3S/c1-10-9-13(2)7-8-14(10)18(16,17)12-5-3-11(15)4-6-12/h3-6,10,15H,7-9H2,1-2H3. The summed E-state index contributed by atoms with van der Waals surface area (Å²) in [6.45, 7) is 3.88. The molecule has 6 heteroatoms. The summed E-state index contributed by atoms with van der Waals surface area (Å²) in [6, 6.07) is 5.63. The maximum Gasteiger partial charge on any atom is 0.243 e. The van der Waals surface area contributed by atoms with Gasteiger partial charge in [0, 0.05) is 25.7 Å². The summed E-state index contributed by atoms with van der Waals surface area (Å²) in [4.78, 5) is 2.35. The molecule has 1 aromatic carbocycles. The molecule has 1 aliphatic heterocycles. The third-order valence-corrected chi connectivity index (χ3v) is 5.24. The summed E-state index contributed by atoms with van der Waals surface area (Å²) in [5, 5.41) is 9.20. The lowest BCUT2D eigenvalue weighted by Gasteiger charge is -2.37. The fourth-order valence-corrected chi connectivity index (χ4v) is 3.85. The molecule has 5 nitrogen and oxygen atoms in total. The van der Waals surface area contributed by atoms with E-state index in [1.54, 1.807) is 0 Å². The van der Waals surface area contributed by atoms with E-state index >= 15 is 0 Å². The van der Waals surface area contributed by atoms with Gasteiger partial charge in [-0.2, -0.15) is 4.31 Å². The van der Waals surface area contributed by atoms with Crippen molar-refractivity contribution in [2.45, 2.75) is 17.9 Å². The normalized spacial score (nSPS) is 23.1. The molecule has 2 rings (SSSR count). The second kappa shape index (κ2) is 4.87. The molecule has 1 fully saturated rings. The second-order valence-electron chi connectivity index (χ2n) is 4.72. The smallest absolute Gasteiger partial charge is 0.243 e. The van der Waals surface area contributed by atoms with Crippen molar-refractivity contribution in [3.8, 4) is 5.75 Å². The van der Waals surface area contributed by atoms with Gasteiger partial charge in [0.05, 0.1) is 4.90 Å². The van der Waals surface area contributed by atoms with Gasteiger partial charge < -0.3 is 10.0 Å². The molecule has 0 radical (unpaired) electrons. The predicted octanol–water partition coefficient (Wildman–Crippen LogP) is 0.717. The maximum atomic E-state index is 12.4. The molecule has 0 amide bonds. The molecule has 18 heavy (non-hydrogen) atoms. The van der Waals surface area contributed by atoms with Crippen LogP contribution in [0.15, 0.2) is 29.2 Å². The van der Waals surface area contributed by atoms with E-state index in [0.717, 1.165) is 13.1 Å². The number of hydrogen-bond donors (Lipinski definition) is 1. The zero-order valence-electron chi connectivity index (χ0n) is 10.6. The van der Waals surface area contributed by atoms with E-state index < -0.39 is 10.0 Å². The summed E-state index contributed by atoms with van der Waals surface area (Å²) >= 11 is 0. The molecule has 1 aliphatic rings. The highest BCUT2D eigenvalue weighted by molar-refractivity contribution is 7.89. The number of likely N-dealkylation sites (N-methyl/N-ethyl adjacent to an activating group) is 1. The van der Waals surface area contributed by atoms with Crippen LogP contribution >= 0.6 is 0 Å². The fourth-order valence-electron chi connectivity index (χ4n) is 2.23. The van der Waals surface area contributed by atoms with Crippen molar-refractivity contribution in [1.29, 1.82) is 0 Å². The topological polar surface area (TPSA) is 60.9 Å². The molecule has 0 spiro atoms. The number of hydrogen-bond acceptors (Lipinski definition) is 4. The van der Waals surface area contributed by atoms with Crippen molar-refractivity contribution in [1.82, 2.24) is 9.21 Å². The van der Waals surface area contributed by atoms with Crippen LogP contribution in [0.5, 0.6) is 5.75 Å². The predicted molar refractivity (Wildman–Crippen MR) is 69.0 cm³/mol. The lowest BCUT2D eigenvalue weighted by atomic mass is 10.2. The van der Waals surface area contributed by atoms with Crippen molar-refractivity contribution < 1.29 is 13.5 Å². The Morgan fingerprint density at radius 3 is 2.39 bits per heavy atom. The zero-order chi connectivity index (χ0) is 13.3. The van der Waals surface area contributed by atoms with Gasteiger partial charge in [0.2, 0.25) is 10.0 Å². The van der Waals surface area contributed by atoms with Crippen LogP contribution in [-0.2, 0) is 10.0 Å². The van der Waals surface area contributed by atoms with Crippen molar-refractivity contribution in [3.63, 3.8) is 0 Å². The SMILES string of the molecule is CC1CN(C)CCN1S(=O)(=O)c1ccc(O)cc1. The van der Waals surface area contributed by atoms with Crippen LogP contribution in [0.1, 0.15) is 6.92 Å². The Kier molecular flexibility index (Phi) is 3.61. The summed E-state index contributed by atoms with van der Waals surface area (Å²) in [6.07, 6.45) is 0. The van der Waals surface area contributed by atoms with Crippen molar-refractivity contribution in [3.05, 3.63) is 24.3 Å². The minimum atomic E-state index is -3.46. The first-order valence-electron chi connectivity index (χ1n) is 5.90. The lowest BCUT2D eigenvalue weighted by Crippen LogP contribution is -2.52. The van der Waals surface area contributed by atoms with Gasteiger partial charge in [0.15, 0.2) is 0 Å². The Bertz CT molecular complexity index is 513. The van der Waals surface area contributed by atoms with Gasteiger partial charge in [-0.1, -0.05) is 0 Å². The van der Waals surface area contributed by atoms with Gasteiger partial charge in [-0.05, 0) is 38.2 Å². The lowest BCUT2D eigenvalue weighted by molar-refractivity contribution is 0.170. The largest absolute Gasteiger partial charge is 0.508 e. The molecular weight excluding hydrogens is 252 g/mol. The minimum absolute atomic E-state index is 0.0393. The summed E-state index contributed by atoms with van der Waals surface area (Å²) in [5.74, 6) is 0.0698. The van der Waals surface area contributed by atoms with Gasteiger partial charge in [-0.15, -0.1) is 0 Å². The van der Waals surface area contributed by atoms with Crippen molar-refractivity contribution in [2.75, 3.05) is 26.7 Å². The van der Waals surface area contributed by atoms with Gasteiger partial charge in [0.1, 0.15) is 5.75 Å². The van der Waals surface area contributed by atoms with Gasteiger partial charge >= 0.3 is 0 Å². The Balaban J connectivity index is 2.28. The van der Waals surface area contributed by atoms with Crippen LogP contribution in [-0.4, -0.2) is 55.5 Å². The number of aromatic hydroxyl groups is 1. The van der Waals surface area contributed by atoms with E-state index in [1.807, 2.05) is 14.0 Å². The first kappa shape index (κ1) is 13.3. The monoisotopic (exact) mass is 270 g/mol. The number of rotatable bonds is 2. The third kappa shape index (κ3) is 2.50. The van der Waals surface area contributed by atoms with Crippen LogP contribution in [0.2, 0.25) is 0 Å². The number of benzene rings is 1. The highest BCUT2D eigenvalue weighted by Crippen LogP contribution is 2.22. The Morgan fingerprint density at radius 1 is 1.22 bits per heavy atom. The fraction of sp³-hybridized carbons (Fsp3) is 0.500. The van der Waals surface area contributed by atoms with Gasteiger partial charge in [-0.25, -0.2) is 8.42 Å². The minimum Gasteiger partial charge on any atom is -0.508 e. The Morgan fingerprint density at radius 2 is 1.83 bits per heavy atom. The maximum absolute atomic E-state index is 12.4. The molecule has 0 saturated carbocycles. The highest BCUT2D eigenvalue weighted by Gasteiger charge is 2.32. The van der Waals surface area contributed by atoms with E-state index in [4.69, 9.17) is 0 Å². The van der Waals surface area contributed by atoms with Crippen molar-refractivity contribution in [2.24, 2.45) is 0 Å². The molecule has 0 aromatic heterocycles. The first-order chi connectivity index (χ1) is 8.41. The molecule has 0 bridgehead atoms. The molecule has 1 saturated heterocycles. The van der Waals surface area contributed by atoms with Crippen LogP contribution in [0, 0.1) is 0 Å². The number of phenols is 1. The van der Waals surface area contributed by atoms with Crippen LogP contribution in [0.3, 0.4) is 0 Å². The molecular formula is C12H18N2O3S. The average Bonchev–Trinajstić information content (AvgIpc) is 2.29. The quantitative estimate of drug-likeness (QED) is 0.860. The van der Waals surface area contributed by atoms with E-state index in [1.165, 1.54) is 28.6 Å². The average molecular weight is 270 g/mol. The molecule has 0 aliphatic carbocycles. The van der Waals surface area contributed by atoms with Crippen molar-refractivity contribution >= 4 is 10.0 Å². The zero-order valence-corrected chi connectivity index (χ0v) is 11.4. The molecule has 100 valence electrons. The van der Waals surface area contributed by atoms with E-state index in [0.29, 0.717) is 6.54 Å². The van der Waals surface area contributed by atoms with Gasteiger partial charge in [0.25, 0.3) is 0 Å². The summed E-state index contributed by atoms with van der Waals surface area (Å²) in [7, 11) is -1.47. The molecule has 1 heterocycles. The van der Waals surface area contributed by atoms with E-state index in [9.17, 15) is 13.5 Å².